The van der Waals surface area contributed by atoms with Crippen LogP contribution in [0.1, 0.15) is 10.4 Å². The summed E-state index contributed by atoms with van der Waals surface area (Å²) in [5.41, 5.74) is -0.597. The van der Waals surface area contributed by atoms with E-state index in [0.29, 0.717) is 3.57 Å². The van der Waals surface area contributed by atoms with Gasteiger partial charge >= 0.3 is 5.97 Å². The lowest BCUT2D eigenvalue weighted by molar-refractivity contribution is 0.0695. The van der Waals surface area contributed by atoms with Gasteiger partial charge in [0, 0.05) is 9.13 Å². The van der Waals surface area contributed by atoms with Crippen LogP contribution in [0.5, 0.6) is 0 Å². The number of benzene rings is 1. The van der Waals surface area contributed by atoms with E-state index in [1.165, 1.54) is 24.3 Å². The van der Waals surface area contributed by atoms with Crippen LogP contribution in [0.4, 0.5) is 4.39 Å². The summed E-state index contributed by atoms with van der Waals surface area (Å²) in [7, 11) is 0. The number of carbonyl (C=O) groups is 1. The second kappa shape index (κ2) is 4.89. The average molecular weight is 359 g/mol. The van der Waals surface area contributed by atoms with Crippen molar-refractivity contribution in [2.45, 2.75) is 0 Å². The van der Waals surface area contributed by atoms with Crippen LogP contribution in [-0.4, -0.2) is 16.1 Å². The zero-order valence-corrected chi connectivity index (χ0v) is 11.1. The molecule has 1 aromatic carbocycles. The first kappa shape index (κ1) is 12.7. The number of rotatable bonds is 2. The number of aromatic carboxylic acids is 1. The van der Waals surface area contributed by atoms with Crippen LogP contribution < -0.4 is 5.56 Å². The predicted molar refractivity (Wildman–Crippen MR) is 72.1 cm³/mol. The van der Waals surface area contributed by atoms with Gasteiger partial charge in [-0.25, -0.2) is 9.18 Å². The Morgan fingerprint density at radius 1 is 1.33 bits per heavy atom. The van der Waals surface area contributed by atoms with Gasteiger partial charge in [-0.1, -0.05) is 12.1 Å². The highest BCUT2D eigenvalue weighted by Crippen LogP contribution is 2.24. The Morgan fingerprint density at radius 3 is 2.61 bits per heavy atom. The molecule has 2 rings (SSSR count). The quantitative estimate of drug-likeness (QED) is 0.810. The van der Waals surface area contributed by atoms with E-state index >= 15 is 0 Å². The number of carboxylic acids is 1. The van der Waals surface area contributed by atoms with E-state index in [-0.39, 0.29) is 16.8 Å². The average Bonchev–Trinajstić information content (AvgIpc) is 2.32. The molecule has 92 valence electrons. The summed E-state index contributed by atoms with van der Waals surface area (Å²) in [6, 6.07) is 7.19. The van der Waals surface area contributed by atoms with E-state index in [2.05, 4.69) is 4.98 Å². The van der Waals surface area contributed by atoms with Gasteiger partial charge in [0.2, 0.25) is 0 Å². The first-order chi connectivity index (χ1) is 8.50. The molecule has 0 spiro atoms. The van der Waals surface area contributed by atoms with Gasteiger partial charge in [0.15, 0.2) is 0 Å². The molecule has 1 aromatic heterocycles. The number of hydrogen-bond donors (Lipinski definition) is 2. The molecule has 0 unspecified atom stereocenters. The van der Waals surface area contributed by atoms with Crippen molar-refractivity contribution in [1.29, 1.82) is 0 Å². The van der Waals surface area contributed by atoms with Crippen molar-refractivity contribution in [1.82, 2.24) is 4.98 Å². The second-order valence-corrected chi connectivity index (χ2v) is 4.68. The topological polar surface area (TPSA) is 70.2 Å². The van der Waals surface area contributed by atoms with Crippen molar-refractivity contribution in [3.63, 3.8) is 0 Å². The third-order valence-electron chi connectivity index (χ3n) is 2.37. The van der Waals surface area contributed by atoms with Crippen LogP contribution in [0, 0.1) is 9.39 Å². The van der Waals surface area contributed by atoms with Gasteiger partial charge < -0.3 is 10.1 Å². The minimum Gasteiger partial charge on any atom is -0.477 e. The van der Waals surface area contributed by atoms with Gasteiger partial charge in [-0.15, -0.1) is 0 Å². The molecule has 0 aliphatic carbocycles. The number of H-pyrrole nitrogens is 1. The fraction of sp³-hybridized carbons (Fsp3) is 0. The summed E-state index contributed by atoms with van der Waals surface area (Å²) >= 11 is 1.86. The summed E-state index contributed by atoms with van der Waals surface area (Å²) in [5.74, 6) is -1.79. The number of halogens is 2. The minimum absolute atomic E-state index is 0.232. The Morgan fingerprint density at radius 2 is 2.00 bits per heavy atom. The maximum Gasteiger partial charge on any atom is 0.341 e. The molecular weight excluding hydrogens is 352 g/mol. The molecule has 6 heteroatoms. The van der Waals surface area contributed by atoms with Gasteiger partial charge in [0.25, 0.3) is 5.56 Å². The minimum atomic E-state index is -1.31. The van der Waals surface area contributed by atoms with Crippen molar-refractivity contribution in [2.24, 2.45) is 0 Å². The normalized spacial score (nSPS) is 10.3. The molecule has 0 aliphatic rings. The van der Waals surface area contributed by atoms with Crippen molar-refractivity contribution < 1.29 is 14.3 Å². The van der Waals surface area contributed by atoms with E-state index < -0.39 is 17.3 Å². The number of aromatic nitrogens is 1. The number of carboxylic acid groups (broad SMARTS) is 1. The maximum atomic E-state index is 13.6. The lowest BCUT2D eigenvalue weighted by Gasteiger charge is -2.06. The van der Waals surface area contributed by atoms with Gasteiger partial charge in [-0.05, 0) is 40.8 Å². The Bertz CT molecular complexity index is 681. The highest BCUT2D eigenvalue weighted by molar-refractivity contribution is 14.1. The first-order valence-electron chi connectivity index (χ1n) is 4.91. The molecule has 0 radical (unpaired) electrons. The van der Waals surface area contributed by atoms with E-state index in [1.54, 1.807) is 6.07 Å². The molecule has 0 amide bonds. The summed E-state index contributed by atoms with van der Waals surface area (Å²) in [4.78, 5) is 24.7. The first-order valence-corrected chi connectivity index (χ1v) is 5.99. The molecule has 0 saturated carbocycles. The van der Waals surface area contributed by atoms with Gasteiger partial charge in [0.05, 0.1) is 5.69 Å². The van der Waals surface area contributed by atoms with E-state index in [9.17, 15) is 14.0 Å². The summed E-state index contributed by atoms with van der Waals surface area (Å²) in [5, 5.41) is 8.81. The van der Waals surface area contributed by atoms with Crippen LogP contribution >= 0.6 is 22.6 Å². The molecule has 1 heterocycles. The number of aromatic amines is 1. The molecule has 18 heavy (non-hydrogen) atoms. The SMILES string of the molecule is O=C(O)c1cc(I)c(-c2ccccc2F)[nH]c1=O. The van der Waals surface area contributed by atoms with Crippen LogP contribution in [0.15, 0.2) is 35.1 Å². The lowest BCUT2D eigenvalue weighted by atomic mass is 10.1. The van der Waals surface area contributed by atoms with E-state index in [1.807, 2.05) is 22.6 Å². The molecule has 0 atom stereocenters. The van der Waals surface area contributed by atoms with Gasteiger partial charge in [-0.2, -0.15) is 0 Å². The molecule has 0 saturated heterocycles. The molecule has 0 bridgehead atoms. The van der Waals surface area contributed by atoms with E-state index in [0.717, 1.165) is 0 Å². The second-order valence-electron chi connectivity index (χ2n) is 3.52. The zero-order valence-electron chi connectivity index (χ0n) is 8.91. The lowest BCUT2D eigenvalue weighted by Crippen LogP contribution is -2.18. The highest BCUT2D eigenvalue weighted by atomic mass is 127. The smallest absolute Gasteiger partial charge is 0.341 e. The Kier molecular flexibility index (Phi) is 3.46. The van der Waals surface area contributed by atoms with Crippen molar-refractivity contribution in [3.05, 3.63) is 55.6 Å². The third-order valence-corrected chi connectivity index (χ3v) is 3.22. The van der Waals surface area contributed by atoms with Crippen molar-refractivity contribution >= 4 is 28.6 Å². The fourth-order valence-corrected chi connectivity index (χ4v) is 2.26. The molecule has 4 nitrogen and oxygen atoms in total. The molecule has 0 fully saturated rings. The molecule has 0 aliphatic heterocycles. The molecular formula is C12H7FINO3. The predicted octanol–water partition coefficient (Wildman–Crippen LogP) is 2.48. The monoisotopic (exact) mass is 359 g/mol. The van der Waals surface area contributed by atoms with Crippen molar-refractivity contribution in [3.8, 4) is 11.3 Å². The summed E-state index contributed by atoms with van der Waals surface area (Å²) < 4.78 is 14.1. The third kappa shape index (κ3) is 2.28. The highest BCUT2D eigenvalue weighted by Gasteiger charge is 2.15. The van der Waals surface area contributed by atoms with Crippen LogP contribution in [0.25, 0.3) is 11.3 Å². The van der Waals surface area contributed by atoms with Crippen LogP contribution in [0.2, 0.25) is 0 Å². The largest absolute Gasteiger partial charge is 0.477 e. The standard InChI is InChI=1S/C12H7FINO3/c13-8-4-2-1-3-6(8)10-9(14)5-7(12(17)18)11(16)15-10/h1-5H,(H,15,16)(H,17,18). The number of pyridine rings is 1. The van der Waals surface area contributed by atoms with Crippen molar-refractivity contribution in [2.75, 3.05) is 0 Å². The molecule has 2 N–H and O–H groups in total. The summed E-state index contributed by atoms with van der Waals surface area (Å²) in [6.07, 6.45) is 0. The number of hydrogen-bond acceptors (Lipinski definition) is 2. The molecule has 2 aromatic rings. The van der Waals surface area contributed by atoms with Crippen LogP contribution in [-0.2, 0) is 0 Å². The maximum absolute atomic E-state index is 13.6. The number of nitrogens with one attached hydrogen (secondary N) is 1. The van der Waals surface area contributed by atoms with Gasteiger partial charge in [0.1, 0.15) is 11.4 Å². The van der Waals surface area contributed by atoms with Gasteiger partial charge in [-0.3, -0.25) is 4.79 Å². The Labute approximate surface area is 115 Å². The van der Waals surface area contributed by atoms with E-state index in [4.69, 9.17) is 5.11 Å². The Hall–Kier alpha value is -1.70. The Balaban J connectivity index is 2.68. The van der Waals surface area contributed by atoms with Crippen LogP contribution in [0.3, 0.4) is 0 Å². The fourth-order valence-electron chi connectivity index (χ4n) is 1.52. The zero-order chi connectivity index (χ0) is 13.3. The summed E-state index contributed by atoms with van der Waals surface area (Å²) in [6.45, 7) is 0.